The molecule has 1 N–H and O–H groups in total. The van der Waals surface area contributed by atoms with Gasteiger partial charge in [0.1, 0.15) is 29.7 Å². The molecule has 0 bridgehead atoms. The molecular weight excluding hydrogens is 380 g/mol. The van der Waals surface area contributed by atoms with Crippen molar-refractivity contribution in [2.45, 2.75) is 19.4 Å². The molecule has 5 nitrogen and oxygen atoms in total. The Morgan fingerprint density at radius 2 is 1.96 bits per heavy atom. The summed E-state index contributed by atoms with van der Waals surface area (Å²) in [4.78, 5) is 24.4. The number of para-hydroxylation sites is 1. The zero-order valence-corrected chi connectivity index (χ0v) is 15.1. The van der Waals surface area contributed by atoms with Crippen LogP contribution in [0.1, 0.15) is 12.5 Å². The molecule has 0 saturated heterocycles. The molecule has 1 aliphatic heterocycles. The Kier molecular flexibility index (Phi) is 5.60. The fraction of sp³-hybridized carbons (Fsp3) is 0.263. The molecule has 1 heterocycles. The van der Waals surface area contributed by atoms with Crippen LogP contribution < -0.4 is 10.1 Å². The number of nitrogens with one attached hydrogen (secondary N) is 1. The highest BCUT2D eigenvalue weighted by molar-refractivity contribution is 6.30. The van der Waals surface area contributed by atoms with E-state index in [-0.39, 0.29) is 6.61 Å². The van der Waals surface area contributed by atoms with Crippen molar-refractivity contribution in [1.29, 1.82) is 0 Å². The third-order valence-electron chi connectivity index (χ3n) is 4.14. The molecule has 3 rings (SSSR count). The van der Waals surface area contributed by atoms with E-state index >= 15 is 0 Å². The van der Waals surface area contributed by atoms with Crippen LogP contribution in [0.4, 0.5) is 14.5 Å². The van der Waals surface area contributed by atoms with Gasteiger partial charge in [-0.15, -0.1) is 0 Å². The summed E-state index contributed by atoms with van der Waals surface area (Å²) in [6.07, 6.45) is -0.886. The maximum absolute atomic E-state index is 13.6. The number of carbonyl (C=O) groups excluding carboxylic acids is 2. The first-order valence-electron chi connectivity index (χ1n) is 8.21. The number of halogens is 3. The summed E-state index contributed by atoms with van der Waals surface area (Å²) in [6.45, 7) is 1.42. The van der Waals surface area contributed by atoms with Gasteiger partial charge in [-0.25, -0.2) is 8.78 Å². The quantitative estimate of drug-likeness (QED) is 0.801. The molecule has 0 fully saturated rings. The minimum Gasteiger partial charge on any atom is -0.492 e. The van der Waals surface area contributed by atoms with E-state index in [1.165, 1.54) is 13.0 Å². The van der Waals surface area contributed by atoms with Crippen LogP contribution in [0.2, 0.25) is 5.02 Å². The number of carbonyl (C=O) groups is 2. The number of fused-ring (bicyclic) bond motifs is 1. The van der Waals surface area contributed by atoms with Crippen molar-refractivity contribution < 1.29 is 27.8 Å². The second kappa shape index (κ2) is 7.92. The predicted molar refractivity (Wildman–Crippen MR) is 94.7 cm³/mol. The molecular formula is C19H16ClF2NO4. The molecule has 0 aliphatic carbocycles. The highest BCUT2D eigenvalue weighted by atomic mass is 35.5. The smallest absolute Gasteiger partial charge is 0.313 e. The number of hydrogen-bond acceptors (Lipinski definition) is 4. The first kappa shape index (κ1) is 19.1. The molecule has 0 radical (unpaired) electrons. The van der Waals surface area contributed by atoms with Crippen molar-refractivity contribution in [2.75, 3.05) is 11.9 Å². The number of anilines is 1. The molecule has 2 atom stereocenters. The van der Waals surface area contributed by atoms with Crippen molar-refractivity contribution in [1.82, 2.24) is 0 Å². The molecule has 0 spiro atoms. The lowest BCUT2D eigenvalue weighted by molar-refractivity contribution is -0.158. The molecule has 8 heteroatoms. The monoisotopic (exact) mass is 395 g/mol. The molecule has 2 aromatic carbocycles. The van der Waals surface area contributed by atoms with Crippen molar-refractivity contribution >= 4 is 29.2 Å². The van der Waals surface area contributed by atoms with E-state index in [0.717, 1.165) is 17.7 Å². The van der Waals surface area contributed by atoms with Crippen LogP contribution in [0.3, 0.4) is 0 Å². The van der Waals surface area contributed by atoms with Crippen LogP contribution >= 0.6 is 11.6 Å². The van der Waals surface area contributed by atoms with Gasteiger partial charge in [0.15, 0.2) is 6.10 Å². The summed E-state index contributed by atoms with van der Waals surface area (Å²) in [6, 6.07) is 8.31. The topological polar surface area (TPSA) is 64.6 Å². The standard InChI is InChI=1S/C19H16ClF2NO4/c1-10(18(24)23-17-14(21)3-2-4-15(17)22)27-19(25)12-7-11-8-13(20)5-6-16(11)26-9-12/h2-6,8,10,12H,7,9H2,1H3,(H,23,24)/t10-,12+/m0/s1. The Hall–Kier alpha value is -2.67. The Morgan fingerprint density at radius 1 is 1.26 bits per heavy atom. The minimum atomic E-state index is -1.24. The zero-order valence-electron chi connectivity index (χ0n) is 14.3. The van der Waals surface area contributed by atoms with Crippen LogP contribution in [0, 0.1) is 17.6 Å². The third kappa shape index (κ3) is 4.36. The van der Waals surface area contributed by atoms with Gasteiger partial charge in [-0.1, -0.05) is 17.7 Å². The molecule has 1 amide bonds. The average Bonchev–Trinajstić information content (AvgIpc) is 2.63. The molecule has 0 saturated carbocycles. The van der Waals surface area contributed by atoms with E-state index in [9.17, 15) is 18.4 Å². The lowest BCUT2D eigenvalue weighted by atomic mass is 9.97. The first-order valence-corrected chi connectivity index (χ1v) is 8.59. The van der Waals surface area contributed by atoms with Gasteiger partial charge in [0, 0.05) is 5.02 Å². The number of hydrogen-bond donors (Lipinski definition) is 1. The van der Waals surface area contributed by atoms with E-state index in [0.29, 0.717) is 17.2 Å². The van der Waals surface area contributed by atoms with Gasteiger partial charge in [-0.05, 0) is 49.2 Å². The second-order valence-corrected chi connectivity index (χ2v) is 6.57. The highest BCUT2D eigenvalue weighted by Gasteiger charge is 2.30. The zero-order chi connectivity index (χ0) is 19.6. The summed E-state index contributed by atoms with van der Waals surface area (Å²) in [7, 11) is 0. The molecule has 2 aromatic rings. The SMILES string of the molecule is C[C@H](OC(=O)[C@H]1COc2ccc(Cl)cc2C1)C(=O)Nc1c(F)cccc1F. The number of ether oxygens (including phenoxy) is 2. The van der Waals surface area contributed by atoms with Gasteiger partial charge in [0.25, 0.3) is 5.91 Å². The number of benzene rings is 2. The predicted octanol–water partition coefficient (Wildman–Crippen LogP) is 3.74. The lowest BCUT2D eigenvalue weighted by Crippen LogP contribution is -2.36. The van der Waals surface area contributed by atoms with E-state index in [1.807, 2.05) is 0 Å². The van der Waals surface area contributed by atoms with Crippen molar-refractivity contribution in [3.63, 3.8) is 0 Å². The van der Waals surface area contributed by atoms with Gasteiger partial charge in [0.2, 0.25) is 0 Å². The summed E-state index contributed by atoms with van der Waals surface area (Å²) in [5.41, 5.74) is 0.177. The van der Waals surface area contributed by atoms with Gasteiger partial charge >= 0.3 is 5.97 Å². The molecule has 0 aromatic heterocycles. The summed E-state index contributed by atoms with van der Waals surface area (Å²) in [5.74, 6) is -3.29. The normalized spacial score (nSPS) is 16.7. The Balaban J connectivity index is 1.61. The number of amides is 1. The van der Waals surface area contributed by atoms with Crippen molar-refractivity contribution in [3.05, 3.63) is 58.6 Å². The second-order valence-electron chi connectivity index (χ2n) is 6.13. The largest absolute Gasteiger partial charge is 0.492 e. The summed E-state index contributed by atoms with van der Waals surface area (Å²) >= 11 is 5.95. The van der Waals surface area contributed by atoms with Crippen LogP contribution in [0.5, 0.6) is 5.75 Å². The molecule has 1 aliphatic rings. The van der Waals surface area contributed by atoms with E-state index in [4.69, 9.17) is 21.1 Å². The maximum Gasteiger partial charge on any atom is 0.313 e. The van der Waals surface area contributed by atoms with Crippen LogP contribution in [-0.2, 0) is 20.7 Å². The van der Waals surface area contributed by atoms with Gasteiger partial charge in [-0.2, -0.15) is 0 Å². The fourth-order valence-corrected chi connectivity index (χ4v) is 2.88. The Labute approximate surface area is 159 Å². The molecule has 0 unspecified atom stereocenters. The highest BCUT2D eigenvalue weighted by Crippen LogP contribution is 2.30. The van der Waals surface area contributed by atoms with Crippen molar-refractivity contribution in [2.24, 2.45) is 5.92 Å². The van der Waals surface area contributed by atoms with Gasteiger partial charge in [-0.3, -0.25) is 9.59 Å². The minimum absolute atomic E-state index is 0.101. The lowest BCUT2D eigenvalue weighted by Gasteiger charge is -2.25. The van der Waals surface area contributed by atoms with Crippen LogP contribution in [-0.4, -0.2) is 24.6 Å². The summed E-state index contributed by atoms with van der Waals surface area (Å²) in [5, 5.41) is 2.61. The van der Waals surface area contributed by atoms with Crippen molar-refractivity contribution in [3.8, 4) is 5.75 Å². The van der Waals surface area contributed by atoms with E-state index in [1.54, 1.807) is 18.2 Å². The van der Waals surface area contributed by atoms with E-state index < -0.39 is 41.2 Å². The van der Waals surface area contributed by atoms with E-state index in [2.05, 4.69) is 5.32 Å². The number of esters is 1. The molecule has 142 valence electrons. The van der Waals surface area contributed by atoms with Gasteiger partial charge in [0.05, 0.1) is 5.92 Å². The molecule has 27 heavy (non-hydrogen) atoms. The van der Waals surface area contributed by atoms with Crippen LogP contribution in [0.25, 0.3) is 0 Å². The Bertz CT molecular complexity index is 870. The third-order valence-corrected chi connectivity index (χ3v) is 4.37. The van der Waals surface area contributed by atoms with Crippen LogP contribution in [0.15, 0.2) is 36.4 Å². The summed E-state index contributed by atoms with van der Waals surface area (Å²) < 4.78 is 37.9. The average molecular weight is 396 g/mol. The maximum atomic E-state index is 13.6. The number of rotatable bonds is 4. The fourth-order valence-electron chi connectivity index (χ4n) is 2.68. The first-order chi connectivity index (χ1) is 12.8. The Morgan fingerprint density at radius 3 is 2.67 bits per heavy atom. The van der Waals surface area contributed by atoms with Gasteiger partial charge < -0.3 is 14.8 Å².